The van der Waals surface area contributed by atoms with Crippen LogP contribution in [-0.2, 0) is 14.3 Å². The molecule has 1 aromatic heterocycles. The molecule has 8 nitrogen and oxygen atoms in total. The third kappa shape index (κ3) is 4.44. The number of benzene rings is 1. The lowest BCUT2D eigenvalue weighted by Crippen LogP contribution is -2.53. The fraction of sp³-hybridized carbons (Fsp3) is 0.556. The monoisotopic (exact) mass is 497 g/mol. The second-order valence-corrected chi connectivity index (χ2v) is 10.2. The molecule has 2 aliphatic heterocycles. The van der Waals surface area contributed by atoms with Crippen molar-refractivity contribution in [2.75, 3.05) is 33.9 Å². The topological polar surface area (TPSA) is 89.7 Å². The number of rotatable bonds is 8. The van der Waals surface area contributed by atoms with E-state index in [-0.39, 0.29) is 30.3 Å². The van der Waals surface area contributed by atoms with Gasteiger partial charge in [-0.15, -0.1) is 0 Å². The van der Waals surface area contributed by atoms with Crippen LogP contribution in [0.4, 0.5) is 4.39 Å². The van der Waals surface area contributed by atoms with E-state index in [1.54, 1.807) is 14.0 Å². The van der Waals surface area contributed by atoms with Crippen LogP contribution in [0, 0.1) is 5.82 Å². The number of aromatic amines is 1. The summed E-state index contributed by atoms with van der Waals surface area (Å²) in [6, 6.07) is 4.27. The first kappa shape index (κ1) is 24.9. The summed E-state index contributed by atoms with van der Waals surface area (Å²) in [6.07, 6.45) is 7.62. The van der Waals surface area contributed by atoms with Gasteiger partial charge in [0.05, 0.1) is 18.7 Å². The smallest absolute Gasteiger partial charge is 0.251 e. The Hall–Kier alpha value is -2.75. The standard InChI is InChI=1S/C27H36FN5O3/c1-16(29-2)26(34)31-23(15-36-3)27(35)32-11-10-24-25(32)21(14-33(24)18-6-4-5-7-18)20-13-30-22-12-17(28)8-9-19(20)22/h8-9,12-13,16,18,23-24,29-30H,4-7,10-11,14-15H2,1-3H3,(H,31,34). The molecule has 1 aromatic carbocycles. The number of halogens is 1. The van der Waals surface area contributed by atoms with Gasteiger partial charge in [0.2, 0.25) is 5.91 Å². The van der Waals surface area contributed by atoms with E-state index in [0.29, 0.717) is 12.6 Å². The molecule has 2 fully saturated rings. The lowest BCUT2D eigenvalue weighted by atomic mass is 10.0. The van der Waals surface area contributed by atoms with Crippen molar-refractivity contribution in [1.29, 1.82) is 0 Å². The van der Waals surface area contributed by atoms with E-state index in [1.807, 2.05) is 17.2 Å². The Morgan fingerprint density at radius 2 is 2.03 bits per heavy atom. The van der Waals surface area contributed by atoms with Gasteiger partial charge in [-0.05, 0) is 57.0 Å². The van der Waals surface area contributed by atoms with Crippen molar-refractivity contribution >= 4 is 28.3 Å². The van der Waals surface area contributed by atoms with Gasteiger partial charge >= 0.3 is 0 Å². The van der Waals surface area contributed by atoms with Gasteiger partial charge in [0, 0.05) is 54.6 Å². The zero-order valence-electron chi connectivity index (χ0n) is 21.3. The Balaban J connectivity index is 1.52. The average molecular weight is 498 g/mol. The van der Waals surface area contributed by atoms with E-state index >= 15 is 0 Å². The zero-order chi connectivity index (χ0) is 25.4. The molecule has 0 radical (unpaired) electrons. The summed E-state index contributed by atoms with van der Waals surface area (Å²) < 4.78 is 19.2. The normalized spacial score (nSPS) is 22.4. The van der Waals surface area contributed by atoms with Crippen molar-refractivity contribution < 1.29 is 18.7 Å². The SMILES string of the molecule is CNC(C)C(=O)NC(COC)C(=O)N1CCC2C1=C(c1c[nH]c3cc(F)ccc13)CN2C1CCCC1. The fourth-order valence-electron chi connectivity index (χ4n) is 6.13. The molecule has 1 saturated heterocycles. The third-order valence-electron chi connectivity index (χ3n) is 8.09. The molecule has 3 atom stereocenters. The Labute approximate surface area is 211 Å². The number of carbonyl (C=O) groups excluding carboxylic acids is 2. The molecule has 0 spiro atoms. The first-order valence-corrected chi connectivity index (χ1v) is 13.0. The maximum Gasteiger partial charge on any atom is 0.251 e. The van der Waals surface area contributed by atoms with Crippen LogP contribution < -0.4 is 10.6 Å². The molecule has 2 amide bonds. The summed E-state index contributed by atoms with van der Waals surface area (Å²) in [7, 11) is 3.25. The van der Waals surface area contributed by atoms with Gasteiger partial charge in [0.25, 0.3) is 5.91 Å². The number of hydrogen-bond acceptors (Lipinski definition) is 5. The number of nitrogens with zero attached hydrogens (tertiary/aromatic N) is 2. The van der Waals surface area contributed by atoms with E-state index in [9.17, 15) is 14.0 Å². The predicted octanol–water partition coefficient (Wildman–Crippen LogP) is 2.62. The quantitative estimate of drug-likeness (QED) is 0.522. The number of methoxy groups -OCH3 is 1. The second-order valence-electron chi connectivity index (χ2n) is 10.2. The van der Waals surface area contributed by atoms with Crippen molar-refractivity contribution in [1.82, 2.24) is 25.4 Å². The molecule has 1 saturated carbocycles. The fourth-order valence-corrected chi connectivity index (χ4v) is 6.13. The molecule has 3 N–H and O–H groups in total. The highest BCUT2D eigenvalue weighted by Crippen LogP contribution is 2.44. The highest BCUT2D eigenvalue weighted by atomic mass is 19.1. The van der Waals surface area contributed by atoms with Crippen LogP contribution in [0.3, 0.4) is 0 Å². The molecule has 2 aromatic rings. The first-order valence-electron chi connectivity index (χ1n) is 13.0. The molecule has 194 valence electrons. The maximum atomic E-state index is 13.9. The van der Waals surface area contributed by atoms with Gasteiger partial charge in [-0.1, -0.05) is 12.8 Å². The average Bonchev–Trinajstić information content (AvgIpc) is 3.66. The second kappa shape index (κ2) is 10.3. The highest BCUT2D eigenvalue weighted by molar-refractivity contribution is 5.97. The Kier molecular flexibility index (Phi) is 7.14. The number of H-pyrrole nitrogens is 1. The predicted molar refractivity (Wildman–Crippen MR) is 137 cm³/mol. The van der Waals surface area contributed by atoms with Crippen LogP contribution >= 0.6 is 0 Å². The van der Waals surface area contributed by atoms with Crippen molar-refractivity contribution in [3.63, 3.8) is 0 Å². The number of ether oxygens (including phenoxy) is 1. The molecule has 36 heavy (non-hydrogen) atoms. The molecule has 0 bridgehead atoms. The van der Waals surface area contributed by atoms with Crippen molar-refractivity contribution in [3.05, 3.63) is 41.5 Å². The van der Waals surface area contributed by atoms with Gasteiger partial charge in [0.1, 0.15) is 11.9 Å². The van der Waals surface area contributed by atoms with E-state index in [0.717, 1.165) is 40.7 Å². The van der Waals surface area contributed by atoms with E-state index in [4.69, 9.17) is 4.74 Å². The zero-order valence-corrected chi connectivity index (χ0v) is 21.3. The van der Waals surface area contributed by atoms with Gasteiger partial charge < -0.3 is 25.3 Å². The number of likely N-dealkylation sites (tertiary alicyclic amines) is 1. The van der Waals surface area contributed by atoms with Crippen molar-refractivity contribution in [2.45, 2.75) is 63.2 Å². The number of fused-ring (bicyclic) bond motifs is 2. The maximum absolute atomic E-state index is 13.9. The largest absolute Gasteiger partial charge is 0.382 e. The number of nitrogens with one attached hydrogen (secondary N) is 3. The van der Waals surface area contributed by atoms with Crippen LogP contribution in [0.1, 0.15) is 44.6 Å². The number of amides is 2. The Morgan fingerprint density at radius 3 is 2.75 bits per heavy atom. The molecule has 3 aliphatic rings. The van der Waals surface area contributed by atoms with E-state index < -0.39 is 12.1 Å². The minimum atomic E-state index is -0.775. The molecular weight excluding hydrogens is 461 g/mol. The van der Waals surface area contributed by atoms with Gasteiger partial charge in [-0.2, -0.15) is 0 Å². The number of likely N-dealkylation sites (N-methyl/N-ethyl adjacent to an activating group) is 1. The molecule has 5 rings (SSSR count). The summed E-state index contributed by atoms with van der Waals surface area (Å²) in [5.41, 5.74) is 3.90. The van der Waals surface area contributed by atoms with Gasteiger partial charge in [-0.3, -0.25) is 14.5 Å². The third-order valence-corrected chi connectivity index (χ3v) is 8.09. The molecule has 9 heteroatoms. The Morgan fingerprint density at radius 1 is 1.25 bits per heavy atom. The summed E-state index contributed by atoms with van der Waals surface area (Å²) in [5.74, 6) is -0.671. The molecule has 3 unspecified atom stereocenters. The van der Waals surface area contributed by atoms with Crippen LogP contribution in [0.15, 0.2) is 30.1 Å². The minimum Gasteiger partial charge on any atom is -0.382 e. The van der Waals surface area contributed by atoms with Crippen LogP contribution in [0.25, 0.3) is 16.5 Å². The van der Waals surface area contributed by atoms with Crippen LogP contribution in [0.2, 0.25) is 0 Å². The number of hydrogen-bond donors (Lipinski definition) is 3. The van der Waals surface area contributed by atoms with E-state index in [1.165, 1.54) is 44.9 Å². The van der Waals surface area contributed by atoms with Crippen molar-refractivity contribution in [3.8, 4) is 0 Å². The highest BCUT2D eigenvalue weighted by Gasteiger charge is 2.47. The lowest BCUT2D eigenvalue weighted by Gasteiger charge is -2.30. The van der Waals surface area contributed by atoms with Crippen LogP contribution in [0.5, 0.6) is 0 Å². The van der Waals surface area contributed by atoms with Crippen molar-refractivity contribution in [2.24, 2.45) is 0 Å². The summed E-state index contributed by atoms with van der Waals surface area (Å²) in [4.78, 5) is 34.1. The van der Waals surface area contributed by atoms with Gasteiger partial charge in [-0.25, -0.2) is 4.39 Å². The summed E-state index contributed by atoms with van der Waals surface area (Å²) in [5, 5.41) is 6.75. The molecule has 1 aliphatic carbocycles. The summed E-state index contributed by atoms with van der Waals surface area (Å²) >= 11 is 0. The van der Waals surface area contributed by atoms with Gasteiger partial charge in [0.15, 0.2) is 0 Å². The minimum absolute atomic E-state index is 0.101. The lowest BCUT2D eigenvalue weighted by molar-refractivity contribution is -0.136. The molecule has 3 heterocycles. The number of carbonyl (C=O) groups is 2. The molecular formula is C27H36FN5O3. The summed E-state index contributed by atoms with van der Waals surface area (Å²) in [6.45, 7) is 3.22. The Bertz CT molecular complexity index is 1170. The first-order chi connectivity index (χ1) is 17.4. The van der Waals surface area contributed by atoms with Crippen LogP contribution in [-0.4, -0.2) is 84.6 Å². The van der Waals surface area contributed by atoms with E-state index in [2.05, 4.69) is 20.5 Å². The number of aromatic nitrogens is 1.